The van der Waals surface area contributed by atoms with E-state index in [0.29, 0.717) is 12.3 Å². The normalized spacial score (nSPS) is 16.3. The summed E-state index contributed by atoms with van der Waals surface area (Å²) in [6.07, 6.45) is 13.3. The first-order valence-electron chi connectivity index (χ1n) is 8.30. The summed E-state index contributed by atoms with van der Waals surface area (Å²) in [5, 5.41) is 8.74. The number of carboxylic acid groups (broad SMARTS) is 1. The molecule has 1 aromatic heterocycles. The van der Waals surface area contributed by atoms with Crippen molar-refractivity contribution in [2.24, 2.45) is 5.92 Å². The van der Waals surface area contributed by atoms with Gasteiger partial charge in [-0.15, -0.1) is 0 Å². The van der Waals surface area contributed by atoms with Crippen LogP contribution in [-0.4, -0.2) is 20.6 Å². The Balaban J connectivity index is 2.90. The zero-order valence-electron chi connectivity index (χ0n) is 14.4. The summed E-state index contributed by atoms with van der Waals surface area (Å²) < 4.78 is 2.19. The molecule has 1 heterocycles. The lowest BCUT2D eigenvalue weighted by Gasteiger charge is -2.38. The van der Waals surface area contributed by atoms with Crippen LogP contribution in [0.25, 0.3) is 0 Å². The number of allylic oxidation sites excluding steroid dienone is 2. The first-order valence-corrected chi connectivity index (χ1v) is 8.30. The van der Waals surface area contributed by atoms with Crippen LogP contribution in [0.3, 0.4) is 0 Å². The van der Waals surface area contributed by atoms with E-state index in [-0.39, 0.29) is 12.0 Å². The molecule has 4 nitrogen and oxygen atoms in total. The lowest BCUT2D eigenvalue weighted by molar-refractivity contribution is -0.137. The molecule has 0 aliphatic heterocycles. The molecule has 0 saturated heterocycles. The summed E-state index contributed by atoms with van der Waals surface area (Å²) in [7, 11) is 0. The maximum absolute atomic E-state index is 10.6. The molecule has 0 saturated carbocycles. The molecule has 0 spiro atoms. The molecule has 0 amide bonds. The molecule has 0 bridgehead atoms. The van der Waals surface area contributed by atoms with Crippen molar-refractivity contribution < 1.29 is 9.90 Å². The van der Waals surface area contributed by atoms with E-state index < -0.39 is 5.97 Å². The molecule has 1 rings (SSSR count). The SMILES string of the molecule is CCCCC(C)C(C)(/C(C)=C\CCCC(=O)O)n1ccnc1. The maximum Gasteiger partial charge on any atom is 0.303 e. The number of imidazole rings is 1. The van der Waals surface area contributed by atoms with Crippen LogP contribution in [0.4, 0.5) is 0 Å². The maximum atomic E-state index is 10.6. The molecular weight excluding hydrogens is 276 g/mol. The van der Waals surface area contributed by atoms with Crippen molar-refractivity contribution in [3.05, 3.63) is 30.4 Å². The zero-order chi connectivity index (χ0) is 16.6. The predicted molar refractivity (Wildman–Crippen MR) is 89.8 cm³/mol. The highest BCUT2D eigenvalue weighted by Crippen LogP contribution is 2.36. The second-order valence-electron chi connectivity index (χ2n) is 6.33. The number of nitrogens with zero attached hydrogens (tertiary/aromatic N) is 2. The minimum atomic E-state index is -0.722. The minimum Gasteiger partial charge on any atom is -0.481 e. The first-order chi connectivity index (χ1) is 10.4. The molecule has 0 fully saturated rings. The number of aliphatic carboxylic acids is 1. The van der Waals surface area contributed by atoms with Gasteiger partial charge in [0.05, 0.1) is 11.9 Å². The molecule has 0 aliphatic rings. The number of hydrogen-bond donors (Lipinski definition) is 1. The van der Waals surface area contributed by atoms with Crippen LogP contribution in [-0.2, 0) is 10.3 Å². The highest BCUT2D eigenvalue weighted by molar-refractivity contribution is 5.66. The van der Waals surface area contributed by atoms with Crippen molar-refractivity contribution in [1.82, 2.24) is 9.55 Å². The van der Waals surface area contributed by atoms with Crippen molar-refractivity contribution in [2.75, 3.05) is 0 Å². The minimum absolute atomic E-state index is 0.102. The van der Waals surface area contributed by atoms with E-state index in [4.69, 9.17) is 5.11 Å². The molecule has 2 unspecified atom stereocenters. The molecule has 2 atom stereocenters. The van der Waals surface area contributed by atoms with Gasteiger partial charge in [-0.1, -0.05) is 38.3 Å². The molecule has 124 valence electrons. The van der Waals surface area contributed by atoms with Crippen LogP contribution in [0.2, 0.25) is 0 Å². The summed E-state index contributed by atoms with van der Waals surface area (Å²) >= 11 is 0. The van der Waals surface area contributed by atoms with Crippen LogP contribution in [0.15, 0.2) is 30.4 Å². The van der Waals surface area contributed by atoms with Crippen LogP contribution in [0.1, 0.15) is 66.2 Å². The van der Waals surface area contributed by atoms with Gasteiger partial charge in [-0.2, -0.15) is 0 Å². The van der Waals surface area contributed by atoms with Crippen LogP contribution in [0.5, 0.6) is 0 Å². The molecule has 0 aliphatic carbocycles. The quantitative estimate of drug-likeness (QED) is 0.506. The van der Waals surface area contributed by atoms with Gasteiger partial charge in [0, 0.05) is 18.8 Å². The van der Waals surface area contributed by atoms with Crippen molar-refractivity contribution >= 4 is 5.97 Å². The fourth-order valence-corrected chi connectivity index (χ4v) is 2.95. The molecule has 0 radical (unpaired) electrons. The Kier molecular flexibility index (Phi) is 7.36. The predicted octanol–water partition coefficient (Wildman–Crippen LogP) is 4.63. The van der Waals surface area contributed by atoms with Gasteiger partial charge in [-0.25, -0.2) is 4.98 Å². The van der Waals surface area contributed by atoms with E-state index in [0.717, 1.165) is 6.42 Å². The third kappa shape index (κ3) is 4.72. The van der Waals surface area contributed by atoms with Crippen molar-refractivity contribution in [3.63, 3.8) is 0 Å². The van der Waals surface area contributed by atoms with Gasteiger partial charge >= 0.3 is 5.97 Å². The molecule has 4 heteroatoms. The van der Waals surface area contributed by atoms with Crippen molar-refractivity contribution in [3.8, 4) is 0 Å². The Bertz CT molecular complexity index is 479. The summed E-state index contributed by atoms with van der Waals surface area (Å²) in [4.78, 5) is 14.8. The van der Waals surface area contributed by atoms with E-state index in [9.17, 15) is 4.79 Å². The number of carboxylic acids is 1. The fraction of sp³-hybridized carbons (Fsp3) is 0.667. The number of hydrogen-bond acceptors (Lipinski definition) is 2. The number of unbranched alkanes of at least 4 members (excludes halogenated alkanes) is 2. The monoisotopic (exact) mass is 306 g/mol. The van der Waals surface area contributed by atoms with Gasteiger partial charge in [0.25, 0.3) is 0 Å². The van der Waals surface area contributed by atoms with Gasteiger partial charge in [0.15, 0.2) is 0 Å². The van der Waals surface area contributed by atoms with Crippen LogP contribution >= 0.6 is 0 Å². The number of rotatable bonds is 10. The third-order valence-electron chi connectivity index (χ3n) is 4.83. The van der Waals surface area contributed by atoms with Crippen LogP contribution in [0, 0.1) is 5.92 Å². The average Bonchev–Trinajstić information content (AvgIpc) is 3.02. The fourth-order valence-electron chi connectivity index (χ4n) is 2.95. The molecular formula is C18H30N2O2. The van der Waals surface area contributed by atoms with E-state index in [1.54, 1.807) is 0 Å². The third-order valence-corrected chi connectivity index (χ3v) is 4.83. The summed E-state index contributed by atoms with van der Waals surface area (Å²) in [6, 6.07) is 0. The van der Waals surface area contributed by atoms with Gasteiger partial charge in [-0.05, 0) is 39.0 Å². The van der Waals surface area contributed by atoms with Gasteiger partial charge < -0.3 is 9.67 Å². The first kappa shape index (κ1) is 18.5. The molecule has 22 heavy (non-hydrogen) atoms. The second-order valence-corrected chi connectivity index (χ2v) is 6.33. The lowest BCUT2D eigenvalue weighted by atomic mass is 9.77. The van der Waals surface area contributed by atoms with Crippen molar-refractivity contribution in [2.45, 2.75) is 71.8 Å². The Morgan fingerprint density at radius 2 is 2.18 bits per heavy atom. The summed E-state index contributed by atoms with van der Waals surface area (Å²) in [5.41, 5.74) is 1.19. The Labute approximate surface area is 134 Å². The topological polar surface area (TPSA) is 55.1 Å². The van der Waals surface area contributed by atoms with E-state index in [1.165, 1.54) is 24.8 Å². The van der Waals surface area contributed by atoms with Gasteiger partial charge in [0.1, 0.15) is 0 Å². The standard InChI is InChI=1S/C18H30N2O2/c1-5-6-9-15(2)18(4,20-13-12-19-14-20)16(3)10-7-8-11-17(21)22/h10,12-15H,5-9,11H2,1-4H3,(H,21,22)/b16-10-. The Morgan fingerprint density at radius 1 is 1.45 bits per heavy atom. The molecule has 0 aromatic carbocycles. The van der Waals surface area contributed by atoms with Crippen molar-refractivity contribution in [1.29, 1.82) is 0 Å². The largest absolute Gasteiger partial charge is 0.481 e. The van der Waals surface area contributed by atoms with Crippen LogP contribution < -0.4 is 0 Å². The zero-order valence-corrected chi connectivity index (χ0v) is 14.4. The summed E-state index contributed by atoms with van der Waals surface area (Å²) in [6.45, 7) is 8.93. The van der Waals surface area contributed by atoms with E-state index in [2.05, 4.69) is 43.3 Å². The Hall–Kier alpha value is -1.58. The van der Waals surface area contributed by atoms with E-state index in [1.807, 2.05) is 18.7 Å². The van der Waals surface area contributed by atoms with Gasteiger partial charge in [-0.3, -0.25) is 4.79 Å². The average molecular weight is 306 g/mol. The highest BCUT2D eigenvalue weighted by Gasteiger charge is 2.33. The highest BCUT2D eigenvalue weighted by atomic mass is 16.4. The smallest absolute Gasteiger partial charge is 0.303 e. The number of carbonyl (C=O) groups is 1. The molecule has 1 aromatic rings. The number of aromatic nitrogens is 2. The van der Waals surface area contributed by atoms with E-state index >= 15 is 0 Å². The lowest BCUT2D eigenvalue weighted by Crippen LogP contribution is -2.37. The Morgan fingerprint density at radius 3 is 2.73 bits per heavy atom. The summed E-state index contributed by atoms with van der Waals surface area (Å²) in [5.74, 6) is -0.225. The molecule has 1 N–H and O–H groups in total. The van der Waals surface area contributed by atoms with Gasteiger partial charge in [0.2, 0.25) is 0 Å². The second kappa shape index (κ2) is 8.76.